The lowest BCUT2D eigenvalue weighted by atomic mass is 9.97. The van der Waals surface area contributed by atoms with Crippen molar-refractivity contribution in [2.75, 3.05) is 24.5 Å². The molecule has 1 saturated carbocycles. The lowest BCUT2D eigenvalue weighted by Gasteiger charge is -2.35. The van der Waals surface area contributed by atoms with Crippen LogP contribution in [0.5, 0.6) is 0 Å². The highest BCUT2D eigenvalue weighted by molar-refractivity contribution is 6.39. The van der Waals surface area contributed by atoms with E-state index in [4.69, 9.17) is 23.2 Å². The van der Waals surface area contributed by atoms with Gasteiger partial charge in [0.2, 0.25) is 0 Å². The molecule has 2 fully saturated rings. The van der Waals surface area contributed by atoms with Crippen LogP contribution in [0, 0.1) is 0 Å². The zero-order valence-electron chi connectivity index (χ0n) is 11.1. The summed E-state index contributed by atoms with van der Waals surface area (Å²) in [6.07, 6.45) is 6.34. The summed E-state index contributed by atoms with van der Waals surface area (Å²) < 4.78 is 0. The van der Waals surface area contributed by atoms with E-state index in [-0.39, 0.29) is 5.54 Å². The van der Waals surface area contributed by atoms with E-state index < -0.39 is 0 Å². The van der Waals surface area contributed by atoms with Gasteiger partial charge in [0.05, 0.1) is 15.7 Å². The van der Waals surface area contributed by atoms with Gasteiger partial charge < -0.3 is 10.2 Å². The Balaban J connectivity index is 1.90. The maximum atomic E-state index is 6.36. The van der Waals surface area contributed by atoms with Crippen LogP contribution in [-0.4, -0.2) is 25.2 Å². The second-order valence-electron chi connectivity index (χ2n) is 5.76. The predicted molar refractivity (Wildman–Crippen MR) is 82.5 cm³/mol. The number of nitrogens with zero attached hydrogens (tertiary/aromatic N) is 1. The van der Waals surface area contributed by atoms with Gasteiger partial charge in [-0.25, -0.2) is 0 Å². The predicted octanol–water partition coefficient (Wildman–Crippen LogP) is 4.11. The van der Waals surface area contributed by atoms with Crippen molar-refractivity contribution in [2.24, 2.45) is 0 Å². The van der Waals surface area contributed by atoms with Crippen molar-refractivity contribution < 1.29 is 0 Å². The standard InChI is InChI=1S/C15H20Cl2N2/c16-12-5-3-6-13(17)14(12)19-10-4-9-18-15(11-19)7-1-2-8-15/h3,5-6,18H,1-2,4,7-11H2. The molecule has 0 radical (unpaired) electrons. The normalized spacial score (nSPS) is 22.7. The summed E-state index contributed by atoms with van der Waals surface area (Å²) in [6, 6.07) is 5.78. The van der Waals surface area contributed by atoms with E-state index in [0.717, 1.165) is 41.8 Å². The van der Waals surface area contributed by atoms with E-state index in [1.165, 1.54) is 25.7 Å². The van der Waals surface area contributed by atoms with Gasteiger partial charge in [0.25, 0.3) is 0 Å². The first kappa shape index (κ1) is 13.5. The highest BCUT2D eigenvalue weighted by Gasteiger charge is 2.37. The van der Waals surface area contributed by atoms with Crippen LogP contribution < -0.4 is 10.2 Å². The molecule has 1 aromatic carbocycles. The molecule has 0 amide bonds. The summed E-state index contributed by atoms with van der Waals surface area (Å²) in [7, 11) is 0. The Morgan fingerprint density at radius 3 is 2.42 bits per heavy atom. The number of benzene rings is 1. The second kappa shape index (κ2) is 5.51. The lowest BCUT2D eigenvalue weighted by Crippen LogP contribution is -2.49. The number of hydrogen-bond donors (Lipinski definition) is 1. The van der Waals surface area contributed by atoms with Crippen LogP contribution in [0.25, 0.3) is 0 Å². The van der Waals surface area contributed by atoms with Crippen molar-refractivity contribution in [1.29, 1.82) is 0 Å². The molecule has 1 aliphatic carbocycles. The molecule has 19 heavy (non-hydrogen) atoms. The van der Waals surface area contributed by atoms with E-state index in [0.29, 0.717) is 0 Å². The van der Waals surface area contributed by atoms with Crippen LogP contribution >= 0.6 is 23.2 Å². The van der Waals surface area contributed by atoms with Gasteiger partial charge in [0.15, 0.2) is 0 Å². The first-order valence-corrected chi connectivity index (χ1v) is 7.90. The fourth-order valence-corrected chi connectivity index (χ4v) is 4.13. The summed E-state index contributed by atoms with van der Waals surface area (Å²) in [4.78, 5) is 2.38. The van der Waals surface area contributed by atoms with Crippen molar-refractivity contribution in [1.82, 2.24) is 5.32 Å². The molecule has 1 saturated heterocycles. The van der Waals surface area contributed by atoms with E-state index in [1.54, 1.807) is 0 Å². The van der Waals surface area contributed by atoms with Gasteiger partial charge in [0.1, 0.15) is 0 Å². The van der Waals surface area contributed by atoms with Gasteiger partial charge in [-0.3, -0.25) is 0 Å². The van der Waals surface area contributed by atoms with Crippen LogP contribution in [0.3, 0.4) is 0 Å². The Kier molecular flexibility index (Phi) is 3.93. The Morgan fingerprint density at radius 2 is 1.74 bits per heavy atom. The van der Waals surface area contributed by atoms with Crippen molar-refractivity contribution in [3.63, 3.8) is 0 Å². The molecule has 1 N–H and O–H groups in total. The third kappa shape index (κ3) is 2.72. The minimum absolute atomic E-state index is 0.277. The van der Waals surface area contributed by atoms with Gasteiger partial charge in [-0.15, -0.1) is 0 Å². The Morgan fingerprint density at radius 1 is 1.05 bits per heavy atom. The van der Waals surface area contributed by atoms with E-state index >= 15 is 0 Å². The maximum Gasteiger partial charge on any atom is 0.0745 e. The van der Waals surface area contributed by atoms with Crippen molar-refractivity contribution in [2.45, 2.75) is 37.6 Å². The highest BCUT2D eigenvalue weighted by Crippen LogP contribution is 2.38. The molecule has 0 bridgehead atoms. The third-order valence-electron chi connectivity index (χ3n) is 4.41. The number of hydrogen-bond acceptors (Lipinski definition) is 2. The number of anilines is 1. The summed E-state index contributed by atoms with van der Waals surface area (Å²) in [5, 5.41) is 5.30. The average molecular weight is 299 g/mol. The topological polar surface area (TPSA) is 15.3 Å². The van der Waals surface area contributed by atoms with E-state index in [9.17, 15) is 0 Å². The SMILES string of the molecule is Clc1cccc(Cl)c1N1CCCNC2(CCCC2)C1. The molecule has 2 nitrogen and oxygen atoms in total. The fraction of sp³-hybridized carbons (Fsp3) is 0.600. The van der Waals surface area contributed by atoms with Crippen LogP contribution in [0.15, 0.2) is 18.2 Å². The summed E-state index contributed by atoms with van der Waals surface area (Å²) in [6.45, 7) is 3.15. The molecule has 4 heteroatoms. The van der Waals surface area contributed by atoms with Gasteiger partial charge in [-0.05, 0) is 37.9 Å². The van der Waals surface area contributed by atoms with Crippen LogP contribution in [0.4, 0.5) is 5.69 Å². The fourth-order valence-electron chi connectivity index (χ4n) is 3.49. The smallest absolute Gasteiger partial charge is 0.0745 e. The van der Waals surface area contributed by atoms with Crippen molar-refractivity contribution in [3.05, 3.63) is 28.2 Å². The molecule has 0 aromatic heterocycles. The minimum Gasteiger partial charge on any atom is -0.367 e. The monoisotopic (exact) mass is 298 g/mol. The minimum atomic E-state index is 0.277. The summed E-state index contributed by atoms with van der Waals surface area (Å²) in [5.41, 5.74) is 1.29. The number of nitrogens with one attached hydrogen (secondary N) is 1. The molecule has 0 atom stereocenters. The average Bonchev–Trinajstić information content (AvgIpc) is 2.72. The first-order chi connectivity index (χ1) is 9.20. The Bertz CT molecular complexity index is 435. The van der Waals surface area contributed by atoms with Gasteiger partial charge in [-0.2, -0.15) is 0 Å². The molecule has 1 aliphatic heterocycles. The second-order valence-corrected chi connectivity index (χ2v) is 6.57. The molecule has 0 unspecified atom stereocenters. The largest absolute Gasteiger partial charge is 0.367 e. The van der Waals surface area contributed by atoms with Gasteiger partial charge >= 0.3 is 0 Å². The first-order valence-electron chi connectivity index (χ1n) is 7.14. The van der Waals surface area contributed by atoms with Gasteiger partial charge in [0, 0.05) is 18.6 Å². The summed E-state index contributed by atoms with van der Waals surface area (Å²) in [5.74, 6) is 0. The number of para-hydroxylation sites is 1. The molecule has 1 spiro atoms. The molecule has 1 heterocycles. The number of halogens is 2. The summed E-state index contributed by atoms with van der Waals surface area (Å²) >= 11 is 12.7. The molecule has 104 valence electrons. The Labute approximate surface area is 125 Å². The van der Waals surface area contributed by atoms with Crippen LogP contribution in [0.1, 0.15) is 32.1 Å². The molecule has 1 aromatic rings. The van der Waals surface area contributed by atoms with E-state index in [1.807, 2.05) is 18.2 Å². The molecule has 2 aliphatic rings. The third-order valence-corrected chi connectivity index (χ3v) is 5.02. The lowest BCUT2D eigenvalue weighted by molar-refractivity contribution is 0.354. The Hall–Kier alpha value is -0.440. The van der Waals surface area contributed by atoms with Crippen molar-refractivity contribution >= 4 is 28.9 Å². The zero-order chi connectivity index (χ0) is 13.3. The van der Waals surface area contributed by atoms with Crippen LogP contribution in [-0.2, 0) is 0 Å². The molecule has 3 rings (SSSR count). The number of rotatable bonds is 1. The zero-order valence-corrected chi connectivity index (χ0v) is 12.6. The van der Waals surface area contributed by atoms with Crippen molar-refractivity contribution in [3.8, 4) is 0 Å². The highest BCUT2D eigenvalue weighted by atomic mass is 35.5. The van der Waals surface area contributed by atoms with Crippen LogP contribution in [0.2, 0.25) is 10.0 Å². The molecular formula is C15H20Cl2N2. The quantitative estimate of drug-likeness (QED) is 0.839. The maximum absolute atomic E-state index is 6.36. The van der Waals surface area contributed by atoms with Gasteiger partial charge in [-0.1, -0.05) is 42.1 Å². The van der Waals surface area contributed by atoms with E-state index in [2.05, 4.69) is 10.2 Å². The molecular weight excluding hydrogens is 279 g/mol.